The van der Waals surface area contributed by atoms with E-state index in [1.165, 1.54) is 6.42 Å². The van der Waals surface area contributed by atoms with Gasteiger partial charge in [-0.25, -0.2) is 0 Å². The second kappa shape index (κ2) is 7.14. The Hall–Kier alpha value is -1.20. The fourth-order valence-electron chi connectivity index (χ4n) is 2.70. The van der Waals surface area contributed by atoms with E-state index >= 15 is 0 Å². The Bertz CT molecular complexity index is 526. The largest absolute Gasteiger partial charge is 0.412 e. The predicted octanol–water partition coefficient (Wildman–Crippen LogP) is 4.14. The summed E-state index contributed by atoms with van der Waals surface area (Å²) < 4.78 is 6.60. The van der Waals surface area contributed by atoms with E-state index in [2.05, 4.69) is 44.2 Å². The van der Waals surface area contributed by atoms with E-state index in [1.807, 2.05) is 12.1 Å². The van der Waals surface area contributed by atoms with Crippen LogP contribution >= 0.6 is 0 Å². The maximum atomic E-state index is 12.4. The van der Waals surface area contributed by atoms with Crippen LogP contribution in [-0.2, 0) is 4.43 Å². The lowest BCUT2D eigenvalue weighted by atomic mass is 9.92. The first kappa shape index (κ1) is 18.1. The maximum absolute atomic E-state index is 12.4. The second-order valence-corrected chi connectivity index (χ2v) is 12.8. The fraction of sp³-hybridized carbons (Fsp3) is 0.667. The first-order valence-electron chi connectivity index (χ1n) is 8.60. The molecule has 0 saturated heterocycles. The molecule has 0 radical (unpaired) electrons. The first-order valence-corrected chi connectivity index (χ1v) is 11.5. The standard InChI is InChI=1S/C18H30N2O2Si/c1-18(2,3)23(4,5)22-16-12-7-6-10-14(16)20-17(21)15-11-8-9-13-19-15/h8-9,11,13-14,16H,6-7,10,12H2,1-5H3,(H,20,21)/t14-,16-/m0/s1. The number of rotatable bonds is 4. The third-order valence-electron chi connectivity index (χ3n) is 5.17. The number of hydrogen-bond donors (Lipinski definition) is 1. The molecule has 1 aromatic rings. The molecule has 0 bridgehead atoms. The molecule has 1 saturated carbocycles. The van der Waals surface area contributed by atoms with Crippen molar-refractivity contribution in [2.75, 3.05) is 0 Å². The normalized spacial score (nSPS) is 22.7. The summed E-state index contributed by atoms with van der Waals surface area (Å²) in [6.45, 7) is 11.3. The third-order valence-corrected chi connectivity index (χ3v) is 9.67. The highest BCUT2D eigenvalue weighted by Gasteiger charge is 2.41. The van der Waals surface area contributed by atoms with Crippen molar-refractivity contribution in [3.05, 3.63) is 30.1 Å². The van der Waals surface area contributed by atoms with Gasteiger partial charge in [0, 0.05) is 6.20 Å². The molecule has 4 nitrogen and oxygen atoms in total. The molecule has 1 N–H and O–H groups in total. The summed E-state index contributed by atoms with van der Waals surface area (Å²) in [6, 6.07) is 5.50. The van der Waals surface area contributed by atoms with Gasteiger partial charge in [-0.05, 0) is 43.1 Å². The van der Waals surface area contributed by atoms with Gasteiger partial charge in [0.1, 0.15) is 5.69 Å². The second-order valence-electron chi connectivity index (χ2n) is 8.00. The Morgan fingerprint density at radius 2 is 1.96 bits per heavy atom. The van der Waals surface area contributed by atoms with E-state index in [0.717, 1.165) is 19.3 Å². The van der Waals surface area contributed by atoms with Gasteiger partial charge < -0.3 is 9.74 Å². The van der Waals surface area contributed by atoms with Crippen molar-refractivity contribution in [3.63, 3.8) is 0 Å². The number of pyridine rings is 1. The monoisotopic (exact) mass is 334 g/mol. The van der Waals surface area contributed by atoms with Crippen molar-refractivity contribution in [2.45, 2.75) is 76.7 Å². The van der Waals surface area contributed by atoms with Crippen LogP contribution in [0.1, 0.15) is 56.9 Å². The van der Waals surface area contributed by atoms with E-state index in [9.17, 15) is 4.79 Å². The Labute approximate surface area is 141 Å². The van der Waals surface area contributed by atoms with Crippen LogP contribution in [0.25, 0.3) is 0 Å². The number of hydrogen-bond acceptors (Lipinski definition) is 3. The molecule has 5 heteroatoms. The zero-order valence-electron chi connectivity index (χ0n) is 15.1. The van der Waals surface area contributed by atoms with Crippen LogP contribution in [0, 0.1) is 0 Å². The molecule has 1 aromatic heterocycles. The van der Waals surface area contributed by atoms with Crippen LogP contribution < -0.4 is 5.32 Å². The smallest absolute Gasteiger partial charge is 0.270 e. The van der Waals surface area contributed by atoms with Crippen molar-refractivity contribution in [2.24, 2.45) is 0 Å². The number of aromatic nitrogens is 1. The van der Waals surface area contributed by atoms with Crippen LogP contribution in [0.3, 0.4) is 0 Å². The van der Waals surface area contributed by atoms with Crippen LogP contribution in [0.5, 0.6) is 0 Å². The molecule has 0 unspecified atom stereocenters. The highest BCUT2D eigenvalue weighted by atomic mass is 28.4. The van der Waals surface area contributed by atoms with Crippen molar-refractivity contribution in [1.82, 2.24) is 10.3 Å². The SMILES string of the molecule is CC(C)(C)[Si](C)(C)O[C@H]1CCCC[C@@H]1NC(=O)c1ccccn1. The third kappa shape index (κ3) is 4.64. The van der Waals surface area contributed by atoms with Gasteiger partial charge in [0.05, 0.1) is 12.1 Å². The number of nitrogens with one attached hydrogen (secondary N) is 1. The van der Waals surface area contributed by atoms with E-state index in [4.69, 9.17) is 4.43 Å². The molecular weight excluding hydrogens is 304 g/mol. The summed E-state index contributed by atoms with van der Waals surface area (Å²) in [5.74, 6) is -0.0960. The molecule has 1 heterocycles. The molecule has 1 aliphatic carbocycles. The molecule has 2 rings (SSSR count). The Kier molecular flexibility index (Phi) is 5.63. The van der Waals surface area contributed by atoms with Crippen LogP contribution in [-0.4, -0.2) is 31.4 Å². The average Bonchev–Trinajstić information content (AvgIpc) is 2.48. The van der Waals surface area contributed by atoms with Crippen molar-refractivity contribution >= 4 is 14.2 Å². The minimum absolute atomic E-state index is 0.0902. The topological polar surface area (TPSA) is 51.2 Å². The molecular formula is C18H30N2O2Si. The zero-order valence-corrected chi connectivity index (χ0v) is 16.1. The molecule has 0 spiro atoms. The van der Waals surface area contributed by atoms with E-state index in [0.29, 0.717) is 5.69 Å². The van der Waals surface area contributed by atoms with Crippen molar-refractivity contribution in [3.8, 4) is 0 Å². The fourth-order valence-corrected chi connectivity index (χ4v) is 4.09. The Balaban J connectivity index is 2.05. The lowest BCUT2D eigenvalue weighted by Gasteiger charge is -2.43. The quantitative estimate of drug-likeness (QED) is 0.842. The van der Waals surface area contributed by atoms with Crippen molar-refractivity contribution < 1.29 is 9.22 Å². The van der Waals surface area contributed by atoms with Crippen LogP contribution in [0.15, 0.2) is 24.4 Å². The minimum Gasteiger partial charge on any atom is -0.412 e. The average molecular weight is 335 g/mol. The van der Waals surface area contributed by atoms with Gasteiger partial charge in [0.25, 0.3) is 5.91 Å². The summed E-state index contributed by atoms with van der Waals surface area (Å²) in [4.78, 5) is 16.5. The van der Waals surface area contributed by atoms with Gasteiger partial charge in [-0.2, -0.15) is 0 Å². The van der Waals surface area contributed by atoms with E-state index in [-0.39, 0.29) is 23.1 Å². The highest BCUT2D eigenvalue weighted by molar-refractivity contribution is 6.74. The van der Waals surface area contributed by atoms with Crippen LogP contribution in [0.4, 0.5) is 0 Å². The summed E-state index contributed by atoms with van der Waals surface area (Å²) in [7, 11) is -1.83. The minimum atomic E-state index is -1.83. The maximum Gasteiger partial charge on any atom is 0.270 e. The lowest BCUT2D eigenvalue weighted by molar-refractivity contribution is 0.0752. The summed E-state index contributed by atoms with van der Waals surface area (Å²) in [6.07, 6.45) is 6.11. The molecule has 23 heavy (non-hydrogen) atoms. The Morgan fingerprint density at radius 1 is 1.26 bits per heavy atom. The summed E-state index contributed by atoms with van der Waals surface area (Å²) in [5.41, 5.74) is 0.476. The van der Waals surface area contributed by atoms with E-state index < -0.39 is 8.32 Å². The summed E-state index contributed by atoms with van der Waals surface area (Å²) >= 11 is 0. The molecule has 0 aliphatic heterocycles. The van der Waals surface area contributed by atoms with Gasteiger partial charge in [-0.1, -0.05) is 39.7 Å². The first-order chi connectivity index (χ1) is 10.7. The molecule has 0 aromatic carbocycles. The summed E-state index contributed by atoms with van der Waals surface area (Å²) in [5, 5.41) is 3.34. The number of nitrogens with zero attached hydrogens (tertiary/aromatic N) is 1. The molecule has 2 atom stereocenters. The number of carbonyl (C=O) groups is 1. The highest BCUT2D eigenvalue weighted by Crippen LogP contribution is 2.39. The predicted molar refractivity (Wildman–Crippen MR) is 96.0 cm³/mol. The van der Waals surface area contributed by atoms with Gasteiger partial charge in [-0.15, -0.1) is 0 Å². The van der Waals surface area contributed by atoms with Gasteiger partial charge >= 0.3 is 0 Å². The molecule has 1 fully saturated rings. The number of carbonyl (C=O) groups excluding carboxylic acids is 1. The number of amides is 1. The van der Waals surface area contributed by atoms with Gasteiger partial charge in [0.15, 0.2) is 8.32 Å². The molecule has 1 aliphatic rings. The Morgan fingerprint density at radius 3 is 2.57 bits per heavy atom. The zero-order chi connectivity index (χ0) is 17.1. The van der Waals surface area contributed by atoms with Gasteiger partial charge in [-0.3, -0.25) is 9.78 Å². The van der Waals surface area contributed by atoms with Gasteiger partial charge in [0.2, 0.25) is 0 Å². The van der Waals surface area contributed by atoms with Crippen LogP contribution in [0.2, 0.25) is 18.1 Å². The lowest BCUT2D eigenvalue weighted by Crippen LogP contribution is -2.53. The van der Waals surface area contributed by atoms with Crippen molar-refractivity contribution in [1.29, 1.82) is 0 Å². The molecule has 128 valence electrons. The van der Waals surface area contributed by atoms with E-state index in [1.54, 1.807) is 12.3 Å². The molecule has 1 amide bonds.